The average Bonchev–Trinajstić information content (AvgIpc) is 2.60. The summed E-state index contributed by atoms with van der Waals surface area (Å²) in [5.74, 6) is -0.833. The van der Waals surface area contributed by atoms with Gasteiger partial charge in [0.05, 0.1) is 12.4 Å². The number of ether oxygens (including phenoxy) is 1. The van der Waals surface area contributed by atoms with Crippen molar-refractivity contribution < 1.29 is 19.1 Å². The zero-order valence-electron chi connectivity index (χ0n) is 14.2. The Kier molecular flexibility index (Phi) is 7.69. The molecule has 0 aromatic heterocycles. The molecule has 0 aliphatic rings. The molecule has 0 heterocycles. The highest BCUT2D eigenvalue weighted by atomic mass is 35.5. The minimum atomic E-state index is -0.513. The highest BCUT2D eigenvalue weighted by molar-refractivity contribution is 8.00. The molecule has 0 aliphatic carbocycles. The van der Waals surface area contributed by atoms with Crippen LogP contribution in [0.15, 0.2) is 53.4 Å². The monoisotopic (exact) mass is 391 g/mol. The number of hydrogen-bond donors (Lipinski definition) is 1. The molecular formula is C19H18ClNO4S. The SMILES string of the molecule is CCOC(=O)CC(=O)CSc1cccc(NC(=O)c2cccc(Cl)c2)c1. The van der Waals surface area contributed by atoms with Crippen LogP contribution >= 0.6 is 23.4 Å². The van der Waals surface area contributed by atoms with Crippen molar-refractivity contribution in [3.63, 3.8) is 0 Å². The van der Waals surface area contributed by atoms with Crippen molar-refractivity contribution in [1.82, 2.24) is 0 Å². The van der Waals surface area contributed by atoms with Gasteiger partial charge in [0.1, 0.15) is 6.42 Å². The van der Waals surface area contributed by atoms with E-state index in [9.17, 15) is 14.4 Å². The Morgan fingerprint density at radius 1 is 1.12 bits per heavy atom. The number of halogens is 1. The van der Waals surface area contributed by atoms with E-state index in [-0.39, 0.29) is 30.5 Å². The topological polar surface area (TPSA) is 72.5 Å². The van der Waals surface area contributed by atoms with E-state index in [4.69, 9.17) is 16.3 Å². The highest BCUT2D eigenvalue weighted by Gasteiger charge is 2.11. The molecule has 0 radical (unpaired) electrons. The standard InChI is InChI=1S/C19H18ClNO4S/c1-2-25-18(23)11-16(22)12-26-17-8-4-7-15(10-17)21-19(24)13-5-3-6-14(20)9-13/h3-10H,2,11-12H2,1H3,(H,21,24). The summed E-state index contributed by atoms with van der Waals surface area (Å²) in [4.78, 5) is 36.1. The summed E-state index contributed by atoms with van der Waals surface area (Å²) >= 11 is 7.19. The molecule has 2 aromatic carbocycles. The molecule has 7 heteroatoms. The molecule has 0 unspecified atom stereocenters. The summed E-state index contributed by atoms with van der Waals surface area (Å²) in [6.45, 7) is 1.95. The van der Waals surface area contributed by atoms with Crippen molar-refractivity contribution in [2.45, 2.75) is 18.2 Å². The van der Waals surface area contributed by atoms with Crippen LogP contribution in [0.25, 0.3) is 0 Å². The van der Waals surface area contributed by atoms with Gasteiger partial charge in [-0.05, 0) is 43.3 Å². The number of hydrogen-bond acceptors (Lipinski definition) is 5. The molecule has 26 heavy (non-hydrogen) atoms. The predicted molar refractivity (Wildman–Crippen MR) is 103 cm³/mol. The Morgan fingerprint density at radius 3 is 2.62 bits per heavy atom. The van der Waals surface area contributed by atoms with Crippen molar-refractivity contribution in [3.05, 3.63) is 59.1 Å². The molecule has 2 rings (SSSR count). The van der Waals surface area contributed by atoms with Crippen LogP contribution in [0.1, 0.15) is 23.7 Å². The van der Waals surface area contributed by atoms with Gasteiger partial charge in [-0.15, -0.1) is 11.8 Å². The zero-order chi connectivity index (χ0) is 18.9. The Labute approximate surface area is 161 Å². The molecule has 0 aliphatic heterocycles. The molecule has 1 amide bonds. The summed E-state index contributed by atoms with van der Waals surface area (Å²) in [5.41, 5.74) is 1.07. The Bertz CT molecular complexity index is 810. The summed E-state index contributed by atoms with van der Waals surface area (Å²) < 4.78 is 4.75. The van der Waals surface area contributed by atoms with Crippen molar-refractivity contribution in [1.29, 1.82) is 0 Å². The summed E-state index contributed by atoms with van der Waals surface area (Å²) in [6.07, 6.45) is -0.230. The van der Waals surface area contributed by atoms with Crippen molar-refractivity contribution in [2.75, 3.05) is 17.7 Å². The van der Waals surface area contributed by atoms with Crippen LogP contribution in [0.2, 0.25) is 5.02 Å². The van der Waals surface area contributed by atoms with E-state index >= 15 is 0 Å². The number of nitrogens with one attached hydrogen (secondary N) is 1. The maximum atomic E-state index is 12.2. The van der Waals surface area contributed by atoms with Gasteiger partial charge in [-0.25, -0.2) is 0 Å². The molecule has 136 valence electrons. The number of Topliss-reactive ketones (excluding diaryl/α,β-unsaturated/α-hetero) is 1. The number of carbonyl (C=O) groups is 3. The van der Waals surface area contributed by atoms with Crippen LogP contribution in [0.4, 0.5) is 5.69 Å². The van der Waals surface area contributed by atoms with E-state index in [0.29, 0.717) is 16.3 Å². The first-order valence-electron chi connectivity index (χ1n) is 7.95. The number of anilines is 1. The first-order chi connectivity index (χ1) is 12.5. The van der Waals surface area contributed by atoms with Crippen molar-refractivity contribution in [3.8, 4) is 0 Å². The Morgan fingerprint density at radius 2 is 1.88 bits per heavy atom. The van der Waals surface area contributed by atoms with Gasteiger partial charge in [0.15, 0.2) is 5.78 Å². The Hall–Kier alpha value is -2.31. The number of thioether (sulfide) groups is 1. The second-order valence-electron chi connectivity index (χ2n) is 5.30. The van der Waals surface area contributed by atoms with Crippen LogP contribution < -0.4 is 5.32 Å². The number of ketones is 1. The van der Waals surface area contributed by atoms with Gasteiger partial charge < -0.3 is 10.1 Å². The minimum absolute atomic E-state index is 0.157. The molecule has 0 spiro atoms. The van der Waals surface area contributed by atoms with E-state index in [1.165, 1.54) is 11.8 Å². The lowest BCUT2D eigenvalue weighted by atomic mass is 10.2. The summed E-state index contributed by atoms with van der Waals surface area (Å²) in [5, 5.41) is 3.28. The lowest BCUT2D eigenvalue weighted by Crippen LogP contribution is -2.13. The van der Waals surface area contributed by atoms with Crippen molar-refractivity contribution in [2.24, 2.45) is 0 Å². The number of carbonyl (C=O) groups excluding carboxylic acids is 3. The molecular weight excluding hydrogens is 374 g/mol. The minimum Gasteiger partial charge on any atom is -0.466 e. The first kappa shape index (κ1) is 20.0. The van der Waals surface area contributed by atoms with Crippen LogP contribution in [0, 0.1) is 0 Å². The zero-order valence-corrected chi connectivity index (χ0v) is 15.7. The van der Waals surface area contributed by atoms with Gasteiger partial charge in [0.25, 0.3) is 5.91 Å². The molecule has 5 nitrogen and oxygen atoms in total. The van der Waals surface area contributed by atoms with E-state index in [2.05, 4.69) is 5.32 Å². The molecule has 0 saturated heterocycles. The fraction of sp³-hybridized carbons (Fsp3) is 0.211. The van der Waals surface area contributed by atoms with E-state index in [1.807, 2.05) is 6.07 Å². The number of benzene rings is 2. The highest BCUT2D eigenvalue weighted by Crippen LogP contribution is 2.22. The Balaban J connectivity index is 1.92. The number of rotatable bonds is 8. The number of esters is 1. The van der Waals surface area contributed by atoms with E-state index in [0.717, 1.165) is 4.90 Å². The number of amides is 1. The van der Waals surface area contributed by atoms with Crippen molar-refractivity contribution >= 4 is 46.7 Å². The fourth-order valence-electron chi connectivity index (χ4n) is 2.08. The predicted octanol–water partition coefficient (Wildman–Crippen LogP) is 4.21. The molecule has 0 bridgehead atoms. The maximum absolute atomic E-state index is 12.2. The molecule has 0 saturated carbocycles. The first-order valence-corrected chi connectivity index (χ1v) is 9.31. The third-order valence-corrected chi connectivity index (χ3v) is 4.51. The van der Waals surface area contributed by atoms with Gasteiger partial charge in [-0.3, -0.25) is 14.4 Å². The van der Waals surface area contributed by atoms with Crippen LogP contribution in [-0.4, -0.2) is 30.0 Å². The molecule has 2 aromatic rings. The van der Waals surface area contributed by atoms with Gasteiger partial charge in [0, 0.05) is 21.2 Å². The third kappa shape index (κ3) is 6.54. The van der Waals surface area contributed by atoms with Crippen LogP contribution in [0.3, 0.4) is 0 Å². The van der Waals surface area contributed by atoms with E-state index < -0.39 is 5.97 Å². The average molecular weight is 392 g/mol. The molecule has 0 atom stereocenters. The summed E-state index contributed by atoms with van der Waals surface area (Å²) in [7, 11) is 0. The van der Waals surface area contributed by atoms with Gasteiger partial charge in [-0.1, -0.05) is 23.7 Å². The van der Waals surface area contributed by atoms with Gasteiger partial charge in [-0.2, -0.15) is 0 Å². The smallest absolute Gasteiger partial charge is 0.313 e. The quantitative estimate of drug-likeness (QED) is 0.414. The molecule has 0 fully saturated rings. The second-order valence-corrected chi connectivity index (χ2v) is 6.79. The lowest BCUT2D eigenvalue weighted by Gasteiger charge is -2.08. The van der Waals surface area contributed by atoms with E-state index in [1.54, 1.807) is 49.4 Å². The largest absolute Gasteiger partial charge is 0.466 e. The maximum Gasteiger partial charge on any atom is 0.313 e. The fourth-order valence-corrected chi connectivity index (χ4v) is 3.09. The third-order valence-electron chi connectivity index (χ3n) is 3.23. The second kappa shape index (κ2) is 9.99. The molecule has 1 N–H and O–H groups in total. The van der Waals surface area contributed by atoms with Crippen LogP contribution in [-0.2, 0) is 14.3 Å². The van der Waals surface area contributed by atoms with Gasteiger partial charge >= 0.3 is 5.97 Å². The van der Waals surface area contributed by atoms with Gasteiger partial charge in [0.2, 0.25) is 0 Å². The summed E-state index contributed by atoms with van der Waals surface area (Å²) in [6, 6.07) is 13.8. The van der Waals surface area contributed by atoms with Crippen LogP contribution in [0.5, 0.6) is 0 Å². The normalized spacial score (nSPS) is 10.2. The lowest BCUT2D eigenvalue weighted by molar-refractivity contribution is -0.145.